The van der Waals surface area contributed by atoms with Crippen molar-refractivity contribution in [3.05, 3.63) is 52.9 Å². The highest BCUT2D eigenvalue weighted by molar-refractivity contribution is 6.32. The molecular formula is C18H12ClF2N3O4. The molecule has 3 rings (SSSR count). The zero-order valence-corrected chi connectivity index (χ0v) is 15.1. The van der Waals surface area contributed by atoms with Crippen LogP contribution in [0.1, 0.15) is 11.5 Å². The summed E-state index contributed by atoms with van der Waals surface area (Å²) < 4.78 is 44.9. The number of hydrogen-bond donors (Lipinski definition) is 0. The number of halogens is 3. The fourth-order valence-corrected chi connectivity index (χ4v) is 2.49. The highest BCUT2D eigenvalue weighted by Crippen LogP contribution is 2.32. The molecule has 2 aromatic carbocycles. The molecule has 3 aromatic rings. The molecule has 0 atom stereocenters. The number of aromatic nitrogens is 2. The molecule has 0 unspecified atom stereocenters. The predicted molar refractivity (Wildman–Crippen MR) is 93.4 cm³/mol. The molecule has 0 fully saturated rings. The summed E-state index contributed by atoms with van der Waals surface area (Å²) in [4.78, 5) is 4.18. The van der Waals surface area contributed by atoms with Crippen LogP contribution in [0.4, 0.5) is 8.78 Å². The van der Waals surface area contributed by atoms with Crippen molar-refractivity contribution in [3.8, 4) is 34.7 Å². The summed E-state index contributed by atoms with van der Waals surface area (Å²) in [6.07, 6.45) is 0. The maximum absolute atomic E-state index is 12.4. The molecular weight excluding hydrogens is 396 g/mol. The van der Waals surface area contributed by atoms with Gasteiger partial charge in [0.1, 0.15) is 5.75 Å². The highest BCUT2D eigenvalue weighted by Gasteiger charge is 2.15. The Morgan fingerprint density at radius 1 is 1.18 bits per heavy atom. The molecule has 0 aliphatic heterocycles. The summed E-state index contributed by atoms with van der Waals surface area (Å²) >= 11 is 6.04. The molecule has 0 N–H and O–H groups in total. The van der Waals surface area contributed by atoms with Crippen LogP contribution < -0.4 is 14.2 Å². The van der Waals surface area contributed by atoms with Gasteiger partial charge >= 0.3 is 6.61 Å². The normalized spacial score (nSPS) is 10.6. The Balaban J connectivity index is 1.73. The van der Waals surface area contributed by atoms with Crippen molar-refractivity contribution < 1.29 is 27.5 Å². The first-order chi connectivity index (χ1) is 13.5. The van der Waals surface area contributed by atoms with Gasteiger partial charge in [-0.15, -0.1) is 0 Å². The van der Waals surface area contributed by atoms with Crippen molar-refractivity contribution in [2.24, 2.45) is 0 Å². The quantitative estimate of drug-likeness (QED) is 0.571. The fraction of sp³-hybridized carbons (Fsp3) is 0.167. The lowest BCUT2D eigenvalue weighted by molar-refractivity contribution is -0.0512. The summed E-state index contributed by atoms with van der Waals surface area (Å²) in [6, 6.07) is 10.8. The number of benzene rings is 2. The van der Waals surface area contributed by atoms with E-state index >= 15 is 0 Å². The van der Waals surface area contributed by atoms with E-state index in [0.29, 0.717) is 16.9 Å². The Hall–Kier alpha value is -3.38. The van der Waals surface area contributed by atoms with Crippen molar-refractivity contribution in [2.45, 2.75) is 13.2 Å². The largest absolute Gasteiger partial charge is 0.493 e. The molecule has 0 spiro atoms. The molecule has 0 saturated carbocycles. The van der Waals surface area contributed by atoms with E-state index in [2.05, 4.69) is 14.9 Å². The van der Waals surface area contributed by atoms with Crippen LogP contribution in [0.3, 0.4) is 0 Å². The topological polar surface area (TPSA) is 90.4 Å². The lowest BCUT2D eigenvalue weighted by atomic mass is 10.2. The fourth-order valence-electron chi connectivity index (χ4n) is 2.26. The van der Waals surface area contributed by atoms with Gasteiger partial charge in [0.05, 0.1) is 23.8 Å². The monoisotopic (exact) mass is 407 g/mol. The van der Waals surface area contributed by atoms with E-state index in [4.69, 9.17) is 30.9 Å². The molecule has 0 amide bonds. The van der Waals surface area contributed by atoms with Gasteiger partial charge in [0.15, 0.2) is 18.1 Å². The Labute approximate surface area is 163 Å². The van der Waals surface area contributed by atoms with E-state index in [0.717, 1.165) is 0 Å². The summed E-state index contributed by atoms with van der Waals surface area (Å²) in [5.41, 5.74) is 0.885. The number of methoxy groups -OCH3 is 1. The van der Waals surface area contributed by atoms with E-state index in [1.54, 1.807) is 12.1 Å². The minimum Gasteiger partial charge on any atom is -0.493 e. The average Bonchev–Trinajstić information content (AvgIpc) is 3.15. The van der Waals surface area contributed by atoms with Crippen LogP contribution in [-0.2, 0) is 6.61 Å². The van der Waals surface area contributed by atoms with Gasteiger partial charge in [0, 0.05) is 5.56 Å². The Bertz CT molecular complexity index is 1020. The minimum atomic E-state index is -2.97. The van der Waals surface area contributed by atoms with Gasteiger partial charge in [-0.2, -0.15) is 19.0 Å². The lowest BCUT2D eigenvalue weighted by Crippen LogP contribution is -2.03. The molecule has 0 bridgehead atoms. The van der Waals surface area contributed by atoms with Crippen LogP contribution in [0, 0.1) is 11.3 Å². The first-order valence-corrected chi connectivity index (χ1v) is 8.16. The maximum Gasteiger partial charge on any atom is 0.387 e. The van der Waals surface area contributed by atoms with E-state index in [1.807, 2.05) is 6.07 Å². The first-order valence-electron chi connectivity index (χ1n) is 7.78. The van der Waals surface area contributed by atoms with Gasteiger partial charge in [0.2, 0.25) is 5.82 Å². The van der Waals surface area contributed by atoms with Crippen LogP contribution >= 0.6 is 11.6 Å². The van der Waals surface area contributed by atoms with Gasteiger partial charge in [-0.25, -0.2) is 0 Å². The molecule has 0 saturated heterocycles. The van der Waals surface area contributed by atoms with Crippen LogP contribution in [0.15, 0.2) is 40.9 Å². The van der Waals surface area contributed by atoms with Gasteiger partial charge < -0.3 is 18.7 Å². The van der Waals surface area contributed by atoms with Crippen molar-refractivity contribution in [2.75, 3.05) is 7.11 Å². The Kier molecular flexibility index (Phi) is 5.91. The van der Waals surface area contributed by atoms with Crippen LogP contribution in [0.2, 0.25) is 5.02 Å². The van der Waals surface area contributed by atoms with Crippen molar-refractivity contribution in [1.29, 1.82) is 5.26 Å². The number of alkyl halides is 2. The number of rotatable bonds is 7. The molecule has 10 heteroatoms. The molecule has 144 valence electrons. The van der Waals surface area contributed by atoms with E-state index in [1.165, 1.54) is 31.4 Å². The van der Waals surface area contributed by atoms with Crippen LogP contribution in [0.25, 0.3) is 11.4 Å². The van der Waals surface area contributed by atoms with Crippen LogP contribution in [-0.4, -0.2) is 23.9 Å². The third-order valence-corrected chi connectivity index (χ3v) is 3.81. The van der Waals surface area contributed by atoms with Gasteiger partial charge in [-0.1, -0.05) is 16.8 Å². The van der Waals surface area contributed by atoms with Crippen molar-refractivity contribution >= 4 is 11.6 Å². The molecule has 1 heterocycles. The second-order valence-electron chi connectivity index (χ2n) is 5.30. The lowest BCUT2D eigenvalue weighted by Gasteiger charge is -2.10. The summed E-state index contributed by atoms with van der Waals surface area (Å²) in [7, 11) is 1.33. The summed E-state index contributed by atoms with van der Waals surface area (Å²) in [5, 5.41) is 12.9. The predicted octanol–water partition coefficient (Wildman–Crippen LogP) is 4.45. The van der Waals surface area contributed by atoms with E-state index in [-0.39, 0.29) is 34.8 Å². The summed E-state index contributed by atoms with van der Waals surface area (Å²) in [5.74, 6) is 0.734. The van der Waals surface area contributed by atoms with Crippen LogP contribution in [0.5, 0.6) is 17.2 Å². The second kappa shape index (κ2) is 8.54. The van der Waals surface area contributed by atoms with Crippen molar-refractivity contribution in [1.82, 2.24) is 10.1 Å². The molecule has 0 aliphatic carbocycles. The highest BCUT2D eigenvalue weighted by atomic mass is 35.5. The zero-order valence-electron chi connectivity index (χ0n) is 14.4. The number of hydrogen-bond acceptors (Lipinski definition) is 7. The third kappa shape index (κ3) is 4.47. The smallest absolute Gasteiger partial charge is 0.387 e. The number of nitrogens with zero attached hydrogens (tertiary/aromatic N) is 3. The zero-order chi connectivity index (χ0) is 20.1. The molecule has 0 aliphatic rings. The van der Waals surface area contributed by atoms with Crippen molar-refractivity contribution in [3.63, 3.8) is 0 Å². The number of ether oxygens (including phenoxy) is 3. The van der Waals surface area contributed by atoms with Gasteiger partial charge in [0.25, 0.3) is 5.89 Å². The first kappa shape index (κ1) is 19.4. The van der Waals surface area contributed by atoms with E-state index < -0.39 is 6.61 Å². The minimum absolute atomic E-state index is 0.0532. The Morgan fingerprint density at radius 3 is 2.64 bits per heavy atom. The van der Waals surface area contributed by atoms with Gasteiger partial charge in [-0.05, 0) is 36.4 Å². The SMILES string of the molecule is COc1cc(-c2noc(COc3ccc(C#N)cc3Cl)n2)ccc1OC(F)F. The molecule has 1 aromatic heterocycles. The molecule has 0 radical (unpaired) electrons. The maximum atomic E-state index is 12.4. The molecule has 7 nitrogen and oxygen atoms in total. The standard InChI is InChI=1S/C18H12ClF2N3O4/c1-25-15-7-11(3-5-14(15)27-18(20)21)17-23-16(28-24-17)9-26-13-4-2-10(8-22)6-12(13)19/h2-7,18H,9H2,1H3. The van der Waals surface area contributed by atoms with Gasteiger partial charge in [-0.3, -0.25) is 0 Å². The van der Waals surface area contributed by atoms with E-state index in [9.17, 15) is 8.78 Å². The number of nitriles is 1. The Morgan fingerprint density at radius 2 is 1.96 bits per heavy atom. The average molecular weight is 408 g/mol. The third-order valence-electron chi connectivity index (χ3n) is 3.52. The summed E-state index contributed by atoms with van der Waals surface area (Å²) in [6.45, 7) is -3.02. The molecule has 28 heavy (non-hydrogen) atoms. The second-order valence-corrected chi connectivity index (χ2v) is 5.71.